The number of hydrogen-bond donors (Lipinski definition) is 3. The zero-order valence-electron chi connectivity index (χ0n) is 16.2. The van der Waals surface area contributed by atoms with Gasteiger partial charge in [0.2, 0.25) is 0 Å². The van der Waals surface area contributed by atoms with Crippen LogP contribution in [0.25, 0.3) is 0 Å². The van der Waals surface area contributed by atoms with Gasteiger partial charge in [-0.1, -0.05) is 13.0 Å². The Hall–Kier alpha value is -2.48. The summed E-state index contributed by atoms with van der Waals surface area (Å²) in [6.45, 7) is 5.52. The van der Waals surface area contributed by atoms with Crippen LogP contribution in [0.4, 0.5) is 4.79 Å². The van der Waals surface area contributed by atoms with Crippen LogP contribution in [-0.4, -0.2) is 60.9 Å². The first-order chi connectivity index (χ1) is 13.0. The topological polar surface area (TPSA) is 100 Å². The summed E-state index contributed by atoms with van der Waals surface area (Å²) >= 11 is 0. The second kappa shape index (κ2) is 10.0. The van der Waals surface area contributed by atoms with Crippen molar-refractivity contribution in [3.63, 3.8) is 0 Å². The molecule has 3 N–H and O–H groups in total. The Morgan fingerprint density at radius 2 is 2.00 bits per heavy atom. The molecule has 8 heteroatoms. The number of likely N-dealkylation sites (N-methyl/N-ethyl adjacent to an activating group) is 1. The maximum absolute atomic E-state index is 12.1. The van der Waals surface area contributed by atoms with Crippen molar-refractivity contribution in [1.82, 2.24) is 15.5 Å². The molecule has 1 aromatic carbocycles. The Kier molecular flexibility index (Phi) is 7.72. The summed E-state index contributed by atoms with van der Waals surface area (Å²) in [5, 5.41) is 14.7. The van der Waals surface area contributed by atoms with Gasteiger partial charge in [0.05, 0.1) is 20.3 Å². The fraction of sp³-hybridized carbons (Fsp3) is 0.579. The monoisotopic (exact) mass is 379 g/mol. The number of hydrogen-bond acceptors (Lipinski definition) is 5. The molecule has 0 spiro atoms. The third kappa shape index (κ3) is 6.02. The summed E-state index contributed by atoms with van der Waals surface area (Å²) in [6.07, 6.45) is 1.54. The molecule has 150 valence electrons. The van der Waals surface area contributed by atoms with E-state index in [1.54, 1.807) is 7.11 Å². The summed E-state index contributed by atoms with van der Waals surface area (Å²) in [5.74, 6) is 0.490. The van der Waals surface area contributed by atoms with E-state index in [0.29, 0.717) is 31.2 Å². The molecule has 0 aromatic heterocycles. The molecule has 0 radical (unpaired) electrons. The van der Waals surface area contributed by atoms with Crippen molar-refractivity contribution < 1.29 is 24.2 Å². The molecule has 0 heterocycles. The van der Waals surface area contributed by atoms with Crippen molar-refractivity contribution in [2.75, 3.05) is 26.8 Å². The lowest BCUT2D eigenvalue weighted by atomic mass is 9.85. The van der Waals surface area contributed by atoms with Crippen molar-refractivity contribution in [3.8, 4) is 11.5 Å². The molecule has 0 atom stereocenters. The van der Waals surface area contributed by atoms with Gasteiger partial charge in [0.25, 0.3) is 0 Å². The number of rotatable bonds is 10. The largest absolute Gasteiger partial charge is 0.493 e. The molecular formula is C19H29N3O5. The lowest BCUT2D eigenvalue weighted by Crippen LogP contribution is -2.56. The van der Waals surface area contributed by atoms with Gasteiger partial charge in [-0.15, -0.1) is 0 Å². The van der Waals surface area contributed by atoms with E-state index in [1.807, 2.05) is 36.9 Å². The maximum atomic E-state index is 12.1. The number of carboxylic acid groups (broad SMARTS) is 1. The van der Waals surface area contributed by atoms with Gasteiger partial charge < -0.3 is 25.2 Å². The van der Waals surface area contributed by atoms with Crippen LogP contribution >= 0.6 is 0 Å². The van der Waals surface area contributed by atoms with Crippen molar-refractivity contribution in [2.24, 2.45) is 0 Å². The number of carbonyl (C=O) groups is 2. The second-order valence-corrected chi connectivity index (χ2v) is 6.52. The first kappa shape index (κ1) is 20.8. The highest BCUT2D eigenvalue weighted by Gasteiger charge is 2.34. The number of amides is 2. The lowest BCUT2D eigenvalue weighted by Gasteiger charge is -2.42. The first-order valence-electron chi connectivity index (χ1n) is 9.26. The average Bonchev–Trinajstić information content (AvgIpc) is 2.61. The van der Waals surface area contributed by atoms with Crippen LogP contribution in [-0.2, 0) is 11.3 Å². The van der Waals surface area contributed by atoms with Crippen molar-refractivity contribution in [3.05, 3.63) is 23.8 Å². The van der Waals surface area contributed by atoms with Gasteiger partial charge >= 0.3 is 12.0 Å². The molecule has 2 amide bonds. The highest BCUT2D eigenvalue weighted by atomic mass is 16.5. The fourth-order valence-electron chi connectivity index (χ4n) is 3.19. The Morgan fingerprint density at radius 3 is 2.59 bits per heavy atom. The Morgan fingerprint density at radius 1 is 1.26 bits per heavy atom. The van der Waals surface area contributed by atoms with Crippen LogP contribution in [0, 0.1) is 0 Å². The first-order valence-corrected chi connectivity index (χ1v) is 9.26. The Balaban J connectivity index is 1.75. The van der Waals surface area contributed by atoms with E-state index in [9.17, 15) is 9.59 Å². The van der Waals surface area contributed by atoms with Gasteiger partial charge in [-0.05, 0) is 44.0 Å². The molecule has 1 aliphatic carbocycles. The molecule has 1 saturated carbocycles. The van der Waals surface area contributed by atoms with Crippen molar-refractivity contribution >= 4 is 12.0 Å². The maximum Gasteiger partial charge on any atom is 0.317 e. The van der Waals surface area contributed by atoms with E-state index < -0.39 is 5.97 Å². The van der Waals surface area contributed by atoms with Crippen molar-refractivity contribution in [1.29, 1.82) is 0 Å². The molecular weight excluding hydrogens is 350 g/mol. The SMILES string of the molecule is CCOc1ccc(CNC(=O)NC2CC(N(CC)CC(=O)O)C2)cc1OC. The third-order valence-corrected chi connectivity index (χ3v) is 4.69. The molecule has 1 aliphatic rings. The van der Waals surface area contributed by atoms with E-state index in [1.165, 1.54) is 0 Å². The van der Waals surface area contributed by atoms with E-state index in [4.69, 9.17) is 14.6 Å². The number of urea groups is 1. The van der Waals surface area contributed by atoms with Crippen LogP contribution in [0.2, 0.25) is 0 Å². The van der Waals surface area contributed by atoms with E-state index in [2.05, 4.69) is 10.6 Å². The lowest BCUT2D eigenvalue weighted by molar-refractivity contribution is -0.139. The molecule has 8 nitrogen and oxygen atoms in total. The number of carbonyl (C=O) groups excluding carboxylic acids is 1. The number of benzene rings is 1. The molecule has 2 rings (SSSR count). The zero-order chi connectivity index (χ0) is 19.8. The summed E-state index contributed by atoms with van der Waals surface area (Å²) in [5.41, 5.74) is 0.913. The number of aliphatic carboxylic acids is 1. The summed E-state index contributed by atoms with van der Waals surface area (Å²) < 4.78 is 10.8. The molecule has 1 fully saturated rings. The molecule has 27 heavy (non-hydrogen) atoms. The number of carboxylic acids is 1. The van der Waals surface area contributed by atoms with Gasteiger partial charge in [0, 0.05) is 18.6 Å². The van der Waals surface area contributed by atoms with Gasteiger partial charge in [-0.25, -0.2) is 4.79 Å². The number of ether oxygens (including phenoxy) is 2. The average molecular weight is 379 g/mol. The fourth-order valence-corrected chi connectivity index (χ4v) is 3.19. The molecule has 0 aliphatic heterocycles. The quantitative estimate of drug-likeness (QED) is 0.573. The van der Waals surface area contributed by atoms with Crippen molar-refractivity contribution in [2.45, 2.75) is 45.3 Å². The minimum Gasteiger partial charge on any atom is -0.493 e. The van der Waals surface area contributed by atoms with Gasteiger partial charge in [-0.2, -0.15) is 0 Å². The summed E-state index contributed by atoms with van der Waals surface area (Å²) in [4.78, 5) is 24.9. The predicted octanol–water partition coefficient (Wildman–Crippen LogP) is 1.83. The molecule has 0 saturated heterocycles. The highest BCUT2D eigenvalue weighted by molar-refractivity contribution is 5.74. The van der Waals surface area contributed by atoms with Gasteiger partial charge in [0.1, 0.15) is 0 Å². The number of nitrogens with one attached hydrogen (secondary N) is 2. The standard InChI is InChI=1S/C19H29N3O5/c1-4-22(12-18(23)24)15-9-14(10-15)21-19(25)20-11-13-6-7-16(27-5-2)17(8-13)26-3/h6-8,14-15H,4-5,9-12H2,1-3H3,(H,23,24)(H2,20,21,25). The van der Waals surface area contributed by atoms with Gasteiger partial charge in [0.15, 0.2) is 11.5 Å². The molecule has 0 bridgehead atoms. The van der Waals surface area contributed by atoms with Crippen LogP contribution < -0.4 is 20.1 Å². The minimum absolute atomic E-state index is 0.0413. The van der Waals surface area contributed by atoms with E-state index in [0.717, 1.165) is 18.4 Å². The molecule has 1 aromatic rings. The number of methoxy groups -OCH3 is 1. The van der Waals surface area contributed by atoms with E-state index >= 15 is 0 Å². The van der Waals surface area contributed by atoms with Crippen LogP contribution in [0.15, 0.2) is 18.2 Å². The highest BCUT2D eigenvalue weighted by Crippen LogP contribution is 2.28. The predicted molar refractivity (Wildman–Crippen MR) is 101 cm³/mol. The van der Waals surface area contributed by atoms with E-state index in [-0.39, 0.29) is 24.7 Å². The molecule has 0 unspecified atom stereocenters. The second-order valence-electron chi connectivity index (χ2n) is 6.52. The summed E-state index contributed by atoms with van der Waals surface area (Å²) in [6, 6.07) is 5.62. The zero-order valence-corrected chi connectivity index (χ0v) is 16.2. The smallest absolute Gasteiger partial charge is 0.317 e. The normalized spacial score (nSPS) is 18.5. The number of nitrogens with zero attached hydrogens (tertiary/aromatic N) is 1. The van der Waals surface area contributed by atoms with Crippen LogP contribution in [0.1, 0.15) is 32.3 Å². The third-order valence-electron chi connectivity index (χ3n) is 4.69. The van der Waals surface area contributed by atoms with Crippen LogP contribution in [0.5, 0.6) is 11.5 Å². The minimum atomic E-state index is -0.822. The Bertz CT molecular complexity index is 646. The summed E-state index contributed by atoms with van der Waals surface area (Å²) in [7, 11) is 1.58. The van der Waals surface area contributed by atoms with Gasteiger partial charge in [-0.3, -0.25) is 9.69 Å². The van der Waals surface area contributed by atoms with Crippen LogP contribution in [0.3, 0.4) is 0 Å². The Labute approximate surface area is 159 Å².